The first-order valence-corrected chi connectivity index (χ1v) is 19.2. The molecule has 1 atom stereocenters. The van der Waals surface area contributed by atoms with E-state index >= 15 is 0 Å². The molecule has 0 aliphatic carbocycles. The van der Waals surface area contributed by atoms with Gasteiger partial charge in [0.25, 0.3) is 0 Å². The highest BCUT2D eigenvalue weighted by Crippen LogP contribution is 2.50. The number of anilines is 2. The molecule has 0 saturated carbocycles. The Bertz CT molecular complexity index is 1340. The average molecular weight is 616 g/mol. The first-order valence-electron chi connectivity index (χ1n) is 14.8. The molecule has 3 aromatic rings. The summed E-state index contributed by atoms with van der Waals surface area (Å²) in [7, 11) is -2.74. The summed E-state index contributed by atoms with van der Waals surface area (Å²) in [4.78, 5) is 0. The standard InChI is InChI=1S/C36H47BrN2Si/c1-24(2)31-18-14-19-32(25(3)4)35(31)38-28(9)22-29(10)39(40(38,37)23-30-16-12-11-13-17-30)36-33(26(5)6)20-15-21-34(36)27(7)8/h11-22,24-27H,9,23H2,1-8,10H3. The van der Waals surface area contributed by atoms with Crippen molar-refractivity contribution in [3.63, 3.8) is 0 Å². The Morgan fingerprint density at radius 2 is 1.02 bits per heavy atom. The molecule has 3 aromatic carbocycles. The van der Waals surface area contributed by atoms with Crippen LogP contribution in [0.3, 0.4) is 0 Å². The zero-order valence-corrected chi connectivity index (χ0v) is 28.5. The largest absolute Gasteiger partial charge is 0.351 e. The van der Waals surface area contributed by atoms with Gasteiger partial charge in [0.15, 0.2) is 0 Å². The van der Waals surface area contributed by atoms with Crippen LogP contribution in [0.2, 0.25) is 0 Å². The first kappa shape index (κ1) is 30.4. The van der Waals surface area contributed by atoms with Crippen molar-refractivity contribution in [3.8, 4) is 0 Å². The van der Waals surface area contributed by atoms with Crippen molar-refractivity contribution in [1.29, 1.82) is 0 Å². The fourth-order valence-corrected chi connectivity index (χ4v) is 13.3. The zero-order valence-electron chi connectivity index (χ0n) is 25.9. The van der Waals surface area contributed by atoms with Gasteiger partial charge in [0.2, 0.25) is 0 Å². The highest BCUT2D eigenvalue weighted by molar-refractivity contribution is 9.26. The van der Waals surface area contributed by atoms with Gasteiger partial charge in [-0.25, -0.2) is 0 Å². The van der Waals surface area contributed by atoms with E-state index < -0.39 is 7.02 Å². The molecule has 0 fully saturated rings. The molecule has 0 aromatic heterocycles. The fourth-order valence-electron chi connectivity index (χ4n) is 6.18. The van der Waals surface area contributed by atoms with Gasteiger partial charge in [0, 0.05) is 28.8 Å². The van der Waals surface area contributed by atoms with Crippen molar-refractivity contribution in [2.45, 2.75) is 92.0 Å². The Balaban J connectivity index is 2.13. The van der Waals surface area contributed by atoms with Gasteiger partial charge in [-0.2, -0.15) is 0 Å². The normalized spacial score (nSPS) is 17.9. The third kappa shape index (κ3) is 5.62. The predicted octanol–water partition coefficient (Wildman–Crippen LogP) is 11.0. The van der Waals surface area contributed by atoms with Gasteiger partial charge in [-0.1, -0.05) is 144 Å². The maximum atomic E-state index is 4.73. The maximum absolute atomic E-state index is 4.73. The number of rotatable bonds is 8. The molecule has 4 heteroatoms. The van der Waals surface area contributed by atoms with E-state index in [0.717, 1.165) is 11.7 Å². The van der Waals surface area contributed by atoms with E-state index in [1.807, 2.05) is 0 Å². The average Bonchev–Trinajstić information content (AvgIpc) is 2.88. The Morgan fingerprint density at radius 1 is 0.625 bits per heavy atom. The molecular formula is C36H47BrN2Si. The van der Waals surface area contributed by atoms with Crippen LogP contribution in [0.15, 0.2) is 90.8 Å². The van der Waals surface area contributed by atoms with Gasteiger partial charge in [-0.3, -0.25) is 0 Å². The molecule has 40 heavy (non-hydrogen) atoms. The summed E-state index contributed by atoms with van der Waals surface area (Å²) < 4.78 is 5.35. The summed E-state index contributed by atoms with van der Waals surface area (Å²) in [6, 6.07) is 25.7. The van der Waals surface area contributed by atoms with E-state index in [1.165, 1.54) is 44.9 Å². The monoisotopic (exact) mass is 614 g/mol. The lowest BCUT2D eigenvalue weighted by Gasteiger charge is -2.53. The van der Waals surface area contributed by atoms with E-state index in [2.05, 4.69) is 160 Å². The summed E-state index contributed by atoms with van der Waals surface area (Å²) in [6.07, 6.45) is 2.31. The molecule has 1 aliphatic rings. The van der Waals surface area contributed by atoms with Gasteiger partial charge in [0.1, 0.15) is 0 Å². The summed E-state index contributed by atoms with van der Waals surface area (Å²) in [5, 5.41) is 0. The molecule has 0 amide bonds. The second-order valence-corrected chi connectivity index (χ2v) is 19.0. The SMILES string of the molecule is C=C1C=C(C)N(c2c(C(C)C)cccc2C(C)C)[Si](Br)(Cc2ccccc2)N1c1c(C(C)C)cccc1C(C)C. The van der Waals surface area contributed by atoms with Gasteiger partial charge in [-0.15, -0.1) is 0 Å². The number of nitrogens with zero attached hydrogens (tertiary/aromatic N) is 2. The van der Waals surface area contributed by atoms with Crippen molar-refractivity contribution in [2.24, 2.45) is 0 Å². The van der Waals surface area contributed by atoms with Crippen molar-refractivity contribution in [2.75, 3.05) is 9.13 Å². The number of hydrogen-bond donors (Lipinski definition) is 0. The lowest BCUT2D eigenvalue weighted by atomic mass is 9.92. The molecule has 1 heterocycles. The minimum absolute atomic E-state index is 0.388. The highest BCUT2D eigenvalue weighted by atomic mass is 79.9. The number of hydrogen-bond acceptors (Lipinski definition) is 2. The van der Waals surface area contributed by atoms with Crippen LogP contribution in [0.25, 0.3) is 0 Å². The topological polar surface area (TPSA) is 6.48 Å². The van der Waals surface area contributed by atoms with E-state index in [4.69, 9.17) is 6.58 Å². The molecule has 0 saturated heterocycles. The van der Waals surface area contributed by atoms with Crippen molar-refractivity contribution < 1.29 is 0 Å². The molecule has 0 bridgehead atoms. The number of allylic oxidation sites excluding steroid dienone is 2. The number of halogens is 1. The van der Waals surface area contributed by atoms with E-state index in [0.29, 0.717) is 23.7 Å². The van der Waals surface area contributed by atoms with Crippen molar-refractivity contribution in [3.05, 3.63) is 119 Å². The van der Waals surface area contributed by atoms with E-state index in [-0.39, 0.29) is 0 Å². The highest BCUT2D eigenvalue weighted by Gasteiger charge is 2.51. The molecule has 0 N–H and O–H groups in total. The summed E-state index contributed by atoms with van der Waals surface area (Å²) >= 11 is 4.64. The Morgan fingerprint density at radius 3 is 1.43 bits per heavy atom. The van der Waals surface area contributed by atoms with Crippen LogP contribution in [0.5, 0.6) is 0 Å². The van der Waals surface area contributed by atoms with E-state index in [1.54, 1.807) is 0 Å². The summed E-state index contributed by atoms with van der Waals surface area (Å²) in [5.41, 5.74) is 11.9. The third-order valence-corrected chi connectivity index (χ3v) is 14.4. The molecule has 0 spiro atoms. The van der Waals surface area contributed by atoms with Crippen LogP contribution in [0, 0.1) is 0 Å². The van der Waals surface area contributed by atoms with Gasteiger partial charge >= 0.3 is 7.02 Å². The Kier molecular flexibility index (Phi) is 9.21. The molecule has 1 unspecified atom stereocenters. The van der Waals surface area contributed by atoms with Crippen molar-refractivity contribution in [1.82, 2.24) is 0 Å². The van der Waals surface area contributed by atoms with Crippen LogP contribution in [0.4, 0.5) is 11.4 Å². The van der Waals surface area contributed by atoms with Crippen LogP contribution < -0.4 is 9.13 Å². The van der Waals surface area contributed by atoms with Crippen LogP contribution in [-0.2, 0) is 6.04 Å². The molecule has 0 radical (unpaired) electrons. The van der Waals surface area contributed by atoms with Gasteiger partial charge in [0.05, 0.1) is 0 Å². The van der Waals surface area contributed by atoms with E-state index in [9.17, 15) is 0 Å². The minimum Gasteiger partial charge on any atom is -0.345 e. The first-order chi connectivity index (χ1) is 18.9. The zero-order chi connectivity index (χ0) is 29.4. The second kappa shape index (κ2) is 12.1. The Hall–Kier alpha value is -2.56. The van der Waals surface area contributed by atoms with Gasteiger partial charge in [-0.05, 0) is 64.5 Å². The van der Waals surface area contributed by atoms with Crippen LogP contribution >= 0.6 is 15.3 Å². The number of benzene rings is 3. The van der Waals surface area contributed by atoms with Crippen LogP contribution in [0.1, 0.15) is 114 Å². The quantitative estimate of drug-likeness (QED) is 0.184. The lowest BCUT2D eigenvalue weighted by Crippen LogP contribution is -2.65. The third-order valence-electron chi connectivity index (χ3n) is 8.10. The van der Waals surface area contributed by atoms with Crippen LogP contribution in [-0.4, -0.2) is 7.02 Å². The minimum atomic E-state index is -2.74. The molecule has 1 aliphatic heterocycles. The molecule has 2 nitrogen and oxygen atoms in total. The molecular weight excluding hydrogens is 568 g/mol. The maximum Gasteiger partial charge on any atom is 0.351 e. The second-order valence-electron chi connectivity index (χ2n) is 12.5. The number of para-hydroxylation sites is 2. The summed E-state index contributed by atoms with van der Waals surface area (Å²) in [6.45, 7) is 25.5. The molecule has 4 rings (SSSR count). The summed E-state index contributed by atoms with van der Waals surface area (Å²) in [5.74, 6) is 1.57. The van der Waals surface area contributed by atoms with Crippen molar-refractivity contribution >= 4 is 33.7 Å². The van der Waals surface area contributed by atoms with Gasteiger partial charge < -0.3 is 9.13 Å². The Labute approximate surface area is 252 Å². The lowest BCUT2D eigenvalue weighted by molar-refractivity contribution is 0.821. The predicted molar refractivity (Wildman–Crippen MR) is 182 cm³/mol. The smallest absolute Gasteiger partial charge is 0.345 e. The molecule has 212 valence electrons. The fraction of sp³-hybridized carbons (Fsp3) is 0.389.